The molecule has 1 amide bonds. The molecule has 1 N–H and O–H groups in total. The fourth-order valence-corrected chi connectivity index (χ4v) is 3.85. The molecule has 0 aliphatic carbocycles. The van der Waals surface area contributed by atoms with E-state index in [9.17, 15) is 19.7 Å². The van der Waals surface area contributed by atoms with Crippen molar-refractivity contribution in [2.75, 3.05) is 11.9 Å². The summed E-state index contributed by atoms with van der Waals surface area (Å²) in [5.74, 6) is -1.42. The highest BCUT2D eigenvalue weighted by Gasteiger charge is 2.56. The second-order valence-corrected chi connectivity index (χ2v) is 7.58. The van der Waals surface area contributed by atoms with Crippen LogP contribution in [0.3, 0.4) is 0 Å². The van der Waals surface area contributed by atoms with Crippen molar-refractivity contribution in [1.82, 2.24) is 0 Å². The molecule has 1 aromatic rings. The van der Waals surface area contributed by atoms with E-state index in [1.165, 1.54) is 12.1 Å². The summed E-state index contributed by atoms with van der Waals surface area (Å²) in [6, 6.07) is 4.29. The highest BCUT2D eigenvalue weighted by Crippen LogP contribution is 2.46. The average Bonchev–Trinajstić information content (AvgIpc) is 2.83. The normalized spacial score (nSPS) is 27.2. The summed E-state index contributed by atoms with van der Waals surface area (Å²) in [4.78, 5) is 35.4. The molecule has 2 aliphatic rings. The van der Waals surface area contributed by atoms with E-state index in [4.69, 9.17) is 9.47 Å². The lowest BCUT2D eigenvalue weighted by molar-refractivity contribution is -0.384. The van der Waals surface area contributed by atoms with Crippen molar-refractivity contribution in [2.45, 2.75) is 51.2 Å². The van der Waals surface area contributed by atoms with Crippen LogP contribution in [0.5, 0.6) is 0 Å². The Bertz CT molecular complexity index is 775. The highest BCUT2D eigenvalue weighted by molar-refractivity contribution is 5.97. The Hall–Kier alpha value is -2.48. The van der Waals surface area contributed by atoms with Crippen molar-refractivity contribution in [3.05, 3.63) is 33.9 Å². The zero-order valence-corrected chi connectivity index (χ0v) is 15.0. The summed E-state index contributed by atoms with van der Waals surface area (Å²) in [7, 11) is 0. The van der Waals surface area contributed by atoms with Crippen LogP contribution in [0.25, 0.3) is 0 Å². The molecule has 2 fully saturated rings. The van der Waals surface area contributed by atoms with Crippen LogP contribution in [0.2, 0.25) is 0 Å². The molecule has 3 rings (SSSR count). The van der Waals surface area contributed by atoms with Gasteiger partial charge in [-0.1, -0.05) is 6.07 Å². The van der Waals surface area contributed by atoms with Gasteiger partial charge in [0.25, 0.3) is 5.69 Å². The molecule has 0 bridgehead atoms. The van der Waals surface area contributed by atoms with Crippen molar-refractivity contribution in [3.8, 4) is 0 Å². The van der Waals surface area contributed by atoms with Crippen molar-refractivity contribution in [2.24, 2.45) is 5.92 Å². The predicted octanol–water partition coefficient (Wildman–Crippen LogP) is 2.73. The number of nitro benzene ring substituents is 1. The lowest BCUT2D eigenvalue weighted by atomic mass is 9.75. The molecule has 8 nitrogen and oxygen atoms in total. The first-order valence-corrected chi connectivity index (χ1v) is 8.54. The maximum atomic E-state index is 12.9. The number of carbonyl (C=O) groups excluding carboxylic acids is 2. The third-order valence-corrected chi connectivity index (χ3v) is 5.07. The number of benzene rings is 1. The van der Waals surface area contributed by atoms with Gasteiger partial charge in [0.1, 0.15) is 5.60 Å². The first-order chi connectivity index (χ1) is 12.1. The van der Waals surface area contributed by atoms with Gasteiger partial charge in [-0.05, 0) is 26.3 Å². The summed E-state index contributed by atoms with van der Waals surface area (Å²) in [5, 5.41) is 13.7. The third kappa shape index (κ3) is 3.41. The Morgan fingerprint density at radius 2 is 2.12 bits per heavy atom. The molecule has 0 aromatic heterocycles. The number of esters is 1. The molecule has 0 saturated carbocycles. The van der Waals surface area contributed by atoms with E-state index in [0.29, 0.717) is 30.7 Å². The minimum Gasteiger partial charge on any atom is -0.458 e. The van der Waals surface area contributed by atoms with Gasteiger partial charge in [-0.2, -0.15) is 0 Å². The minimum absolute atomic E-state index is 0.00408. The Labute approximate surface area is 151 Å². The Kier molecular flexibility index (Phi) is 4.47. The van der Waals surface area contributed by atoms with Gasteiger partial charge in [0.2, 0.25) is 5.91 Å². The fourth-order valence-electron chi connectivity index (χ4n) is 3.85. The molecule has 2 saturated heterocycles. The van der Waals surface area contributed by atoms with Gasteiger partial charge in [0.05, 0.1) is 35.2 Å². The van der Waals surface area contributed by atoms with E-state index >= 15 is 0 Å². The number of rotatable bonds is 3. The Morgan fingerprint density at radius 3 is 2.77 bits per heavy atom. The molecule has 140 valence electrons. The van der Waals surface area contributed by atoms with E-state index < -0.39 is 28.0 Å². The number of nitro groups is 1. The monoisotopic (exact) mass is 362 g/mol. The summed E-state index contributed by atoms with van der Waals surface area (Å²) >= 11 is 0. The van der Waals surface area contributed by atoms with Gasteiger partial charge < -0.3 is 14.8 Å². The molecule has 2 aliphatic heterocycles. The van der Waals surface area contributed by atoms with E-state index in [1.54, 1.807) is 13.0 Å². The van der Waals surface area contributed by atoms with Crippen LogP contribution < -0.4 is 5.32 Å². The molecule has 2 heterocycles. The molecular weight excluding hydrogens is 340 g/mol. The van der Waals surface area contributed by atoms with Crippen LogP contribution in [-0.4, -0.2) is 34.6 Å². The highest BCUT2D eigenvalue weighted by atomic mass is 16.6. The summed E-state index contributed by atoms with van der Waals surface area (Å²) < 4.78 is 11.3. The van der Waals surface area contributed by atoms with Gasteiger partial charge >= 0.3 is 5.97 Å². The standard InChI is InChI=1S/C18H22N2O6/c1-11-4-5-12(20(23)24)8-14(11)19-16(22)13-9-15(21)26-18(13)6-7-25-17(2,3)10-18/h4-5,8,13H,6-7,9-10H2,1-3H3,(H,19,22). The van der Waals surface area contributed by atoms with Crippen LogP contribution in [0.4, 0.5) is 11.4 Å². The largest absolute Gasteiger partial charge is 0.458 e. The van der Waals surface area contributed by atoms with Crippen molar-refractivity contribution in [3.63, 3.8) is 0 Å². The number of anilines is 1. The zero-order chi connectivity index (χ0) is 19.1. The van der Waals surface area contributed by atoms with Crippen molar-refractivity contribution < 1.29 is 24.0 Å². The second kappa shape index (κ2) is 6.35. The number of amides is 1. The number of ether oxygens (including phenoxy) is 2. The number of aryl methyl sites for hydroxylation is 1. The smallest absolute Gasteiger partial charge is 0.307 e. The van der Waals surface area contributed by atoms with Crippen molar-refractivity contribution >= 4 is 23.3 Å². The topological polar surface area (TPSA) is 108 Å². The van der Waals surface area contributed by atoms with Gasteiger partial charge in [0, 0.05) is 25.0 Å². The van der Waals surface area contributed by atoms with Gasteiger partial charge in [-0.3, -0.25) is 19.7 Å². The van der Waals surface area contributed by atoms with Crippen LogP contribution in [-0.2, 0) is 19.1 Å². The summed E-state index contributed by atoms with van der Waals surface area (Å²) in [6.07, 6.45) is 0.877. The van der Waals surface area contributed by atoms with Gasteiger partial charge in [-0.25, -0.2) is 0 Å². The van der Waals surface area contributed by atoms with Gasteiger partial charge in [0.15, 0.2) is 0 Å². The van der Waals surface area contributed by atoms with E-state index in [-0.39, 0.29) is 18.0 Å². The minimum atomic E-state index is -0.891. The second-order valence-electron chi connectivity index (χ2n) is 7.58. The van der Waals surface area contributed by atoms with Crippen LogP contribution in [0.15, 0.2) is 18.2 Å². The number of hydrogen-bond acceptors (Lipinski definition) is 6. The molecule has 2 unspecified atom stereocenters. The van der Waals surface area contributed by atoms with Crippen LogP contribution in [0, 0.1) is 23.0 Å². The number of non-ortho nitro benzene ring substituents is 1. The first kappa shape index (κ1) is 18.3. The Morgan fingerprint density at radius 1 is 1.38 bits per heavy atom. The molecule has 1 spiro atoms. The lowest BCUT2D eigenvalue weighted by Crippen LogP contribution is -2.52. The number of carbonyl (C=O) groups is 2. The molecule has 0 radical (unpaired) electrons. The molecule has 26 heavy (non-hydrogen) atoms. The molecule has 8 heteroatoms. The molecular formula is C18H22N2O6. The molecule has 1 aromatic carbocycles. The average molecular weight is 362 g/mol. The van der Waals surface area contributed by atoms with E-state index in [1.807, 2.05) is 13.8 Å². The van der Waals surface area contributed by atoms with Crippen LogP contribution in [0.1, 0.15) is 38.7 Å². The van der Waals surface area contributed by atoms with Gasteiger partial charge in [-0.15, -0.1) is 0 Å². The number of hydrogen-bond donors (Lipinski definition) is 1. The first-order valence-electron chi connectivity index (χ1n) is 8.54. The number of nitrogens with zero attached hydrogens (tertiary/aromatic N) is 1. The third-order valence-electron chi connectivity index (χ3n) is 5.07. The van der Waals surface area contributed by atoms with E-state index in [0.717, 1.165) is 0 Å². The summed E-state index contributed by atoms with van der Waals surface area (Å²) in [6.45, 7) is 5.96. The number of nitrogens with one attached hydrogen (secondary N) is 1. The van der Waals surface area contributed by atoms with Crippen molar-refractivity contribution in [1.29, 1.82) is 0 Å². The zero-order valence-electron chi connectivity index (χ0n) is 15.0. The predicted molar refractivity (Wildman–Crippen MR) is 92.7 cm³/mol. The SMILES string of the molecule is Cc1ccc([N+](=O)[O-])cc1NC(=O)C1CC(=O)OC12CCOC(C)(C)C2. The van der Waals surface area contributed by atoms with E-state index in [2.05, 4.69) is 5.32 Å². The van der Waals surface area contributed by atoms with Crippen LogP contribution >= 0.6 is 0 Å². The maximum absolute atomic E-state index is 12.9. The fraction of sp³-hybridized carbons (Fsp3) is 0.556. The maximum Gasteiger partial charge on any atom is 0.307 e. The lowest BCUT2D eigenvalue weighted by Gasteiger charge is -2.43. The molecule has 2 atom stereocenters. The Balaban J connectivity index is 1.86. The quantitative estimate of drug-likeness (QED) is 0.503. The summed E-state index contributed by atoms with van der Waals surface area (Å²) in [5.41, 5.74) is -0.424.